The van der Waals surface area contributed by atoms with E-state index in [0.29, 0.717) is 24.3 Å². The van der Waals surface area contributed by atoms with Crippen molar-refractivity contribution in [2.45, 2.75) is 33.7 Å². The lowest BCUT2D eigenvalue weighted by Crippen LogP contribution is -2.33. The monoisotopic (exact) mass is 399 g/mol. The second kappa shape index (κ2) is 10.7. The van der Waals surface area contributed by atoms with Gasteiger partial charge < -0.3 is 15.5 Å². The van der Waals surface area contributed by atoms with E-state index in [2.05, 4.69) is 10.6 Å². The van der Waals surface area contributed by atoms with Gasteiger partial charge in [-0.2, -0.15) is 0 Å². The van der Waals surface area contributed by atoms with Crippen molar-refractivity contribution in [2.75, 3.05) is 25.0 Å². The van der Waals surface area contributed by atoms with Crippen LogP contribution in [0, 0.1) is 11.7 Å². The van der Waals surface area contributed by atoms with Crippen LogP contribution in [-0.2, 0) is 4.79 Å². The van der Waals surface area contributed by atoms with Crippen LogP contribution >= 0.6 is 0 Å². The predicted octanol–water partition coefficient (Wildman–Crippen LogP) is 4.23. The molecule has 1 atom stereocenters. The highest BCUT2D eigenvalue weighted by Crippen LogP contribution is 2.21. The molecule has 0 spiro atoms. The number of carbonyl (C=O) groups is 2. The van der Waals surface area contributed by atoms with Crippen molar-refractivity contribution < 1.29 is 14.0 Å². The zero-order chi connectivity index (χ0) is 21.4. The molecule has 0 aromatic heterocycles. The fourth-order valence-corrected chi connectivity index (χ4v) is 3.24. The van der Waals surface area contributed by atoms with Crippen LogP contribution < -0.4 is 10.6 Å². The van der Waals surface area contributed by atoms with E-state index in [1.165, 1.54) is 12.1 Å². The van der Waals surface area contributed by atoms with Crippen molar-refractivity contribution in [3.05, 3.63) is 65.5 Å². The molecule has 0 aliphatic carbocycles. The van der Waals surface area contributed by atoms with Gasteiger partial charge in [0, 0.05) is 30.4 Å². The van der Waals surface area contributed by atoms with Gasteiger partial charge >= 0.3 is 0 Å². The van der Waals surface area contributed by atoms with Gasteiger partial charge in [-0.15, -0.1) is 0 Å². The molecule has 2 aromatic rings. The molecular weight excluding hydrogens is 369 g/mol. The Bertz CT molecular complexity index is 817. The maximum Gasteiger partial charge on any atom is 0.253 e. The van der Waals surface area contributed by atoms with E-state index in [0.717, 1.165) is 5.56 Å². The van der Waals surface area contributed by atoms with E-state index in [1.54, 1.807) is 41.3 Å². The van der Waals surface area contributed by atoms with Crippen LogP contribution in [0.25, 0.3) is 0 Å². The number of hydrogen-bond donors (Lipinski definition) is 2. The normalized spacial score (nSPS) is 11.9. The smallest absolute Gasteiger partial charge is 0.253 e. The molecular formula is C23H30FN3O2. The lowest BCUT2D eigenvalue weighted by molar-refractivity contribution is -0.115. The third-order valence-corrected chi connectivity index (χ3v) is 4.82. The van der Waals surface area contributed by atoms with Crippen LogP contribution in [0.5, 0.6) is 0 Å². The Hall–Kier alpha value is -2.73. The molecule has 0 fully saturated rings. The van der Waals surface area contributed by atoms with Gasteiger partial charge in [0.25, 0.3) is 5.91 Å². The molecule has 6 heteroatoms. The minimum absolute atomic E-state index is 0.0552. The summed E-state index contributed by atoms with van der Waals surface area (Å²) < 4.78 is 13.2. The highest BCUT2D eigenvalue weighted by Gasteiger charge is 2.17. The van der Waals surface area contributed by atoms with Crippen molar-refractivity contribution >= 4 is 17.5 Å². The Morgan fingerprint density at radius 3 is 2.28 bits per heavy atom. The zero-order valence-electron chi connectivity index (χ0n) is 17.5. The van der Waals surface area contributed by atoms with Crippen LogP contribution in [-0.4, -0.2) is 36.3 Å². The van der Waals surface area contributed by atoms with E-state index >= 15 is 0 Å². The first-order valence-corrected chi connectivity index (χ1v) is 10.0. The summed E-state index contributed by atoms with van der Waals surface area (Å²) in [6, 6.07) is 13.2. The van der Waals surface area contributed by atoms with Gasteiger partial charge in [-0.1, -0.05) is 32.0 Å². The highest BCUT2D eigenvalue weighted by atomic mass is 19.1. The molecule has 0 heterocycles. The molecule has 2 N–H and O–H groups in total. The van der Waals surface area contributed by atoms with Crippen molar-refractivity contribution in [3.63, 3.8) is 0 Å². The number of halogens is 1. The molecule has 0 saturated heterocycles. The summed E-state index contributed by atoms with van der Waals surface area (Å²) in [5.41, 5.74) is 2.06. The number of benzene rings is 2. The molecule has 0 saturated carbocycles. The van der Waals surface area contributed by atoms with Crippen molar-refractivity contribution in [3.8, 4) is 0 Å². The quantitative estimate of drug-likeness (QED) is 0.663. The number of amides is 2. The van der Waals surface area contributed by atoms with Crippen LogP contribution in [0.4, 0.5) is 10.1 Å². The molecule has 2 amide bonds. The Kier molecular flexibility index (Phi) is 8.34. The molecule has 0 aliphatic heterocycles. The molecule has 2 rings (SSSR count). The Morgan fingerprint density at radius 2 is 1.69 bits per heavy atom. The summed E-state index contributed by atoms with van der Waals surface area (Å²) in [6.45, 7) is 9.33. The van der Waals surface area contributed by atoms with Gasteiger partial charge in [0.05, 0.1) is 6.54 Å². The lowest BCUT2D eigenvalue weighted by Gasteiger charge is -2.23. The molecule has 5 nitrogen and oxygen atoms in total. The van der Waals surface area contributed by atoms with E-state index in [4.69, 9.17) is 0 Å². The number of rotatable bonds is 9. The first-order valence-electron chi connectivity index (χ1n) is 10.0. The topological polar surface area (TPSA) is 61.4 Å². The van der Waals surface area contributed by atoms with Gasteiger partial charge in [0.1, 0.15) is 5.82 Å². The van der Waals surface area contributed by atoms with Gasteiger partial charge in [-0.25, -0.2) is 4.39 Å². The van der Waals surface area contributed by atoms with Gasteiger partial charge in [-0.3, -0.25) is 9.59 Å². The number of hydrogen-bond acceptors (Lipinski definition) is 3. The largest absolute Gasteiger partial charge is 0.339 e. The summed E-state index contributed by atoms with van der Waals surface area (Å²) in [6.07, 6.45) is 0. The van der Waals surface area contributed by atoms with Gasteiger partial charge in [0.2, 0.25) is 5.91 Å². The van der Waals surface area contributed by atoms with E-state index < -0.39 is 0 Å². The van der Waals surface area contributed by atoms with Crippen molar-refractivity contribution in [1.82, 2.24) is 10.2 Å². The molecule has 0 aliphatic rings. The standard InChI is InChI=1S/C23H30FN3O2/c1-5-27(6-2)23(29)18-8-7-9-20(14-18)26-21(28)15-25-22(16(3)4)17-10-12-19(24)13-11-17/h7-14,16,22,25H,5-6,15H2,1-4H3,(H,26,28)/t22-/m0/s1. The summed E-state index contributed by atoms with van der Waals surface area (Å²) in [5, 5.41) is 6.07. The Morgan fingerprint density at radius 1 is 1.03 bits per heavy atom. The molecule has 156 valence electrons. The average Bonchev–Trinajstić information content (AvgIpc) is 2.70. The summed E-state index contributed by atoms with van der Waals surface area (Å²) in [4.78, 5) is 26.6. The molecule has 29 heavy (non-hydrogen) atoms. The van der Waals surface area contributed by atoms with Crippen molar-refractivity contribution in [1.29, 1.82) is 0 Å². The van der Waals surface area contributed by atoms with Crippen LogP contribution in [0.1, 0.15) is 49.7 Å². The molecule has 0 unspecified atom stereocenters. The summed E-state index contributed by atoms with van der Waals surface area (Å²) in [7, 11) is 0. The number of carbonyl (C=O) groups excluding carboxylic acids is 2. The average molecular weight is 400 g/mol. The van der Waals surface area contributed by atoms with Crippen LogP contribution in [0.3, 0.4) is 0 Å². The van der Waals surface area contributed by atoms with Gasteiger partial charge in [0.15, 0.2) is 0 Å². The first kappa shape index (κ1) is 22.6. The maximum atomic E-state index is 13.2. The molecule has 2 aromatic carbocycles. The third-order valence-electron chi connectivity index (χ3n) is 4.82. The fourth-order valence-electron chi connectivity index (χ4n) is 3.24. The second-order valence-electron chi connectivity index (χ2n) is 7.26. The minimum Gasteiger partial charge on any atom is -0.339 e. The summed E-state index contributed by atoms with van der Waals surface area (Å²) >= 11 is 0. The van der Waals surface area contributed by atoms with Crippen LogP contribution in [0.2, 0.25) is 0 Å². The second-order valence-corrected chi connectivity index (χ2v) is 7.26. The minimum atomic E-state index is -0.284. The number of nitrogens with zero attached hydrogens (tertiary/aromatic N) is 1. The molecule has 0 radical (unpaired) electrons. The first-order chi connectivity index (χ1) is 13.8. The number of nitrogens with one attached hydrogen (secondary N) is 2. The maximum absolute atomic E-state index is 13.2. The molecule has 0 bridgehead atoms. The predicted molar refractivity (Wildman–Crippen MR) is 114 cm³/mol. The van der Waals surface area contributed by atoms with E-state index in [1.807, 2.05) is 27.7 Å². The Labute approximate surface area is 172 Å². The zero-order valence-corrected chi connectivity index (χ0v) is 17.5. The SMILES string of the molecule is CCN(CC)C(=O)c1cccc(NC(=O)CN[C@H](c2ccc(F)cc2)C(C)C)c1. The van der Waals surface area contributed by atoms with Crippen LogP contribution in [0.15, 0.2) is 48.5 Å². The van der Waals surface area contributed by atoms with Gasteiger partial charge in [-0.05, 0) is 55.7 Å². The number of anilines is 1. The lowest BCUT2D eigenvalue weighted by atomic mass is 9.96. The van der Waals surface area contributed by atoms with Crippen molar-refractivity contribution in [2.24, 2.45) is 5.92 Å². The van der Waals surface area contributed by atoms with E-state index in [-0.39, 0.29) is 36.1 Å². The summed E-state index contributed by atoms with van der Waals surface area (Å²) in [5.74, 6) is -0.318. The Balaban J connectivity index is 2.00. The third kappa shape index (κ3) is 6.39. The van der Waals surface area contributed by atoms with E-state index in [9.17, 15) is 14.0 Å². The fraction of sp³-hybridized carbons (Fsp3) is 0.391. The highest BCUT2D eigenvalue weighted by molar-refractivity contribution is 5.97.